The van der Waals surface area contributed by atoms with E-state index in [1.165, 1.54) is 6.07 Å². The molecule has 2 rings (SSSR count). The third-order valence-corrected chi connectivity index (χ3v) is 3.15. The second-order valence-electron chi connectivity index (χ2n) is 4.69. The van der Waals surface area contributed by atoms with Crippen molar-refractivity contribution in [3.05, 3.63) is 23.4 Å². The van der Waals surface area contributed by atoms with Crippen LogP contribution in [-0.4, -0.2) is 24.7 Å². The van der Waals surface area contributed by atoms with Gasteiger partial charge in [0.25, 0.3) is 0 Å². The minimum atomic E-state index is -4.58. The summed E-state index contributed by atoms with van der Waals surface area (Å²) in [7, 11) is 0. The summed E-state index contributed by atoms with van der Waals surface area (Å²) in [6, 6.07) is 3.64. The molecule has 1 aromatic heterocycles. The third kappa shape index (κ3) is 5.06. The summed E-state index contributed by atoms with van der Waals surface area (Å²) >= 11 is 0. The van der Waals surface area contributed by atoms with Crippen LogP contribution in [0.25, 0.3) is 0 Å². The molecule has 116 valence electrons. The Morgan fingerprint density at radius 3 is 2.57 bits per heavy atom. The van der Waals surface area contributed by atoms with Crippen LogP contribution in [0, 0.1) is 17.2 Å². The topological polar surface area (TPSA) is 57.9 Å². The van der Waals surface area contributed by atoms with Gasteiger partial charge in [-0.05, 0) is 37.9 Å². The summed E-state index contributed by atoms with van der Waals surface area (Å²) < 4.78 is 43.3. The van der Waals surface area contributed by atoms with Crippen molar-refractivity contribution in [1.82, 2.24) is 10.3 Å². The van der Waals surface area contributed by atoms with Crippen molar-refractivity contribution in [3.63, 3.8) is 0 Å². The Kier molecular flexibility index (Phi) is 6.24. The van der Waals surface area contributed by atoms with E-state index in [1.807, 2.05) is 0 Å². The van der Waals surface area contributed by atoms with Crippen LogP contribution in [0.3, 0.4) is 0 Å². The van der Waals surface area contributed by atoms with Crippen LogP contribution in [-0.2, 0) is 6.18 Å². The number of aromatic nitrogens is 1. The third-order valence-electron chi connectivity index (χ3n) is 3.15. The van der Waals surface area contributed by atoms with E-state index in [9.17, 15) is 13.2 Å². The first-order valence-corrected chi connectivity index (χ1v) is 6.32. The van der Waals surface area contributed by atoms with E-state index in [0.717, 1.165) is 32.0 Å². The van der Waals surface area contributed by atoms with Gasteiger partial charge in [0.2, 0.25) is 5.88 Å². The first kappa shape index (κ1) is 17.5. The highest BCUT2D eigenvalue weighted by atomic mass is 35.5. The maximum atomic E-state index is 12.6. The molecule has 21 heavy (non-hydrogen) atoms. The van der Waals surface area contributed by atoms with Crippen LogP contribution in [0.5, 0.6) is 5.88 Å². The fourth-order valence-electron chi connectivity index (χ4n) is 2.04. The van der Waals surface area contributed by atoms with Crippen molar-refractivity contribution in [1.29, 1.82) is 5.26 Å². The molecule has 0 bridgehead atoms. The van der Waals surface area contributed by atoms with Gasteiger partial charge < -0.3 is 10.1 Å². The summed E-state index contributed by atoms with van der Waals surface area (Å²) in [5, 5.41) is 12.0. The van der Waals surface area contributed by atoms with Gasteiger partial charge >= 0.3 is 6.18 Å². The summed E-state index contributed by atoms with van der Waals surface area (Å²) in [6.45, 7) is 2.09. The second-order valence-corrected chi connectivity index (χ2v) is 4.69. The SMILES string of the molecule is Cl.N#Cc1cc(OCC2CCNCC2)nc(C(F)(F)F)c1. The monoisotopic (exact) mass is 321 g/mol. The fourth-order valence-corrected chi connectivity index (χ4v) is 2.04. The number of hydrogen-bond acceptors (Lipinski definition) is 4. The van der Waals surface area contributed by atoms with Gasteiger partial charge in [0.15, 0.2) is 0 Å². The number of ether oxygens (including phenoxy) is 1. The number of nitrogens with one attached hydrogen (secondary N) is 1. The standard InChI is InChI=1S/C13H14F3N3O.ClH/c14-13(15,16)11-5-10(7-17)6-12(19-11)20-8-9-1-3-18-4-2-9;/h5-6,9,18H,1-4,8H2;1H. The number of nitrogens with zero attached hydrogens (tertiary/aromatic N) is 2. The lowest BCUT2D eigenvalue weighted by Gasteiger charge is -2.22. The Morgan fingerprint density at radius 2 is 2.00 bits per heavy atom. The average molecular weight is 322 g/mol. The first-order valence-electron chi connectivity index (χ1n) is 6.32. The molecule has 1 aliphatic rings. The number of halogens is 4. The van der Waals surface area contributed by atoms with Crippen LogP contribution in [0.15, 0.2) is 12.1 Å². The second kappa shape index (κ2) is 7.48. The number of nitriles is 1. The van der Waals surface area contributed by atoms with Crippen LogP contribution < -0.4 is 10.1 Å². The molecule has 0 aromatic carbocycles. The van der Waals surface area contributed by atoms with Crippen molar-refractivity contribution >= 4 is 12.4 Å². The molecular formula is C13H15ClF3N3O. The Hall–Kier alpha value is -1.52. The van der Waals surface area contributed by atoms with E-state index < -0.39 is 11.9 Å². The molecule has 0 atom stereocenters. The van der Waals surface area contributed by atoms with E-state index in [-0.39, 0.29) is 23.9 Å². The molecule has 0 unspecified atom stereocenters. The Morgan fingerprint density at radius 1 is 1.33 bits per heavy atom. The average Bonchev–Trinajstić information content (AvgIpc) is 2.45. The number of alkyl halides is 3. The van der Waals surface area contributed by atoms with E-state index in [0.29, 0.717) is 12.5 Å². The highest BCUT2D eigenvalue weighted by Crippen LogP contribution is 2.30. The fraction of sp³-hybridized carbons (Fsp3) is 0.538. The molecule has 8 heteroatoms. The molecule has 1 fully saturated rings. The smallest absolute Gasteiger partial charge is 0.433 e. The van der Waals surface area contributed by atoms with Crippen molar-refractivity contribution in [2.45, 2.75) is 19.0 Å². The lowest BCUT2D eigenvalue weighted by atomic mass is 9.99. The molecule has 0 saturated carbocycles. The van der Waals surface area contributed by atoms with Crippen LogP contribution in [0.2, 0.25) is 0 Å². The normalized spacial score (nSPS) is 15.9. The van der Waals surface area contributed by atoms with Gasteiger partial charge in [-0.15, -0.1) is 12.4 Å². The van der Waals surface area contributed by atoms with Gasteiger partial charge in [-0.25, -0.2) is 4.98 Å². The highest BCUT2D eigenvalue weighted by molar-refractivity contribution is 5.85. The summed E-state index contributed by atoms with van der Waals surface area (Å²) in [5.74, 6) is 0.160. The van der Waals surface area contributed by atoms with Gasteiger partial charge in [0, 0.05) is 6.07 Å². The minimum Gasteiger partial charge on any atom is -0.477 e. The van der Waals surface area contributed by atoms with E-state index in [1.54, 1.807) is 6.07 Å². The van der Waals surface area contributed by atoms with Crippen molar-refractivity contribution in [2.24, 2.45) is 5.92 Å². The first-order chi connectivity index (χ1) is 9.49. The summed E-state index contributed by atoms with van der Waals surface area (Å²) in [5.41, 5.74) is -1.20. The maximum absolute atomic E-state index is 12.6. The van der Waals surface area contributed by atoms with Gasteiger partial charge in [0.05, 0.1) is 18.2 Å². The predicted octanol–water partition coefficient (Wildman–Crippen LogP) is 2.77. The quantitative estimate of drug-likeness (QED) is 0.930. The van der Waals surface area contributed by atoms with E-state index >= 15 is 0 Å². The lowest BCUT2D eigenvalue weighted by molar-refractivity contribution is -0.141. The van der Waals surface area contributed by atoms with E-state index in [4.69, 9.17) is 10.00 Å². The zero-order valence-electron chi connectivity index (χ0n) is 11.1. The summed E-state index contributed by atoms with van der Waals surface area (Å²) in [6.07, 6.45) is -2.74. The molecule has 0 radical (unpaired) electrons. The van der Waals surface area contributed by atoms with Gasteiger partial charge in [-0.3, -0.25) is 0 Å². The lowest BCUT2D eigenvalue weighted by Crippen LogP contribution is -2.30. The number of hydrogen-bond donors (Lipinski definition) is 1. The number of pyridine rings is 1. The van der Waals surface area contributed by atoms with Crippen LogP contribution in [0.4, 0.5) is 13.2 Å². The van der Waals surface area contributed by atoms with Crippen LogP contribution >= 0.6 is 12.4 Å². The molecule has 0 aliphatic carbocycles. The van der Waals surface area contributed by atoms with Crippen molar-refractivity contribution in [2.75, 3.05) is 19.7 Å². The molecule has 2 heterocycles. The molecule has 1 saturated heterocycles. The molecule has 0 amide bonds. The molecule has 4 nitrogen and oxygen atoms in total. The zero-order valence-corrected chi connectivity index (χ0v) is 11.9. The maximum Gasteiger partial charge on any atom is 0.433 e. The zero-order chi connectivity index (χ0) is 14.6. The van der Waals surface area contributed by atoms with Crippen LogP contribution in [0.1, 0.15) is 24.1 Å². The van der Waals surface area contributed by atoms with Gasteiger partial charge in [0.1, 0.15) is 5.69 Å². The molecule has 1 aromatic rings. The Bertz CT molecular complexity index is 510. The number of piperidine rings is 1. The largest absolute Gasteiger partial charge is 0.477 e. The van der Waals surface area contributed by atoms with E-state index in [2.05, 4.69) is 10.3 Å². The minimum absolute atomic E-state index is 0. The molecule has 1 aliphatic heterocycles. The molecular weight excluding hydrogens is 307 g/mol. The molecule has 0 spiro atoms. The van der Waals surface area contributed by atoms with Gasteiger partial charge in [-0.2, -0.15) is 18.4 Å². The Labute approximate surface area is 126 Å². The molecule has 1 N–H and O–H groups in total. The highest BCUT2D eigenvalue weighted by Gasteiger charge is 2.33. The predicted molar refractivity (Wildman–Crippen MR) is 72.3 cm³/mol. The summed E-state index contributed by atoms with van der Waals surface area (Å²) in [4.78, 5) is 3.42. The number of rotatable bonds is 3. The van der Waals surface area contributed by atoms with Crippen molar-refractivity contribution in [3.8, 4) is 11.9 Å². The van der Waals surface area contributed by atoms with Crippen molar-refractivity contribution < 1.29 is 17.9 Å². The Balaban J connectivity index is 0.00000220. The van der Waals surface area contributed by atoms with Gasteiger partial charge in [-0.1, -0.05) is 0 Å².